The van der Waals surface area contributed by atoms with Gasteiger partial charge in [0, 0.05) is 69.1 Å². The molecular formula is C22H20ClFN6O2. The van der Waals surface area contributed by atoms with E-state index in [4.69, 9.17) is 11.6 Å². The van der Waals surface area contributed by atoms with Gasteiger partial charge in [0.25, 0.3) is 11.5 Å². The zero-order valence-electron chi connectivity index (χ0n) is 17.4. The van der Waals surface area contributed by atoms with Crippen LogP contribution >= 0.6 is 11.6 Å². The van der Waals surface area contributed by atoms with E-state index in [2.05, 4.69) is 15.0 Å². The summed E-state index contributed by atoms with van der Waals surface area (Å²) in [6.07, 6.45) is 4.06. The number of hydrogen-bond donors (Lipinski definition) is 0. The molecule has 1 saturated carbocycles. The number of halogens is 2. The number of aromatic nitrogens is 4. The lowest BCUT2D eigenvalue weighted by molar-refractivity contribution is 0.0772. The number of rotatable bonds is 4. The number of fused-ring (bicyclic) bond motifs is 1. The molecule has 1 aliphatic carbocycles. The van der Waals surface area contributed by atoms with Crippen molar-refractivity contribution in [3.05, 3.63) is 69.7 Å². The van der Waals surface area contributed by atoms with Crippen LogP contribution in [0.3, 0.4) is 0 Å². The molecule has 3 aromatic rings. The van der Waals surface area contributed by atoms with Gasteiger partial charge in [-0.15, -0.1) is 0 Å². The third kappa shape index (κ3) is 3.42. The van der Waals surface area contributed by atoms with Gasteiger partial charge in [-0.1, -0.05) is 11.6 Å². The Labute approximate surface area is 188 Å². The second kappa shape index (κ2) is 7.67. The highest BCUT2D eigenvalue weighted by Crippen LogP contribution is 2.49. The first-order chi connectivity index (χ1) is 15.3. The number of amides is 1. The molecule has 3 atom stereocenters. The van der Waals surface area contributed by atoms with Crippen LogP contribution in [0.2, 0.25) is 5.15 Å². The first-order valence-electron chi connectivity index (χ1n) is 10.2. The maximum absolute atomic E-state index is 14.2. The quantitative estimate of drug-likeness (QED) is 0.562. The number of anilines is 1. The fraction of sp³-hybridized carbons (Fsp3) is 0.318. The standard InChI is InChI=1S/C22H20ClFN6O2/c1-28-19(31)7-17(13-5-6-25-9-16(13)24)27-22(28)29(2)20-14-10-30(11-15(14)20)21(32)12-3-4-18(23)26-8-12/h3-9,14-15,20H,10-11H2,1-2H3/t14-,15+,20+. The summed E-state index contributed by atoms with van der Waals surface area (Å²) in [5, 5.41) is 0.347. The van der Waals surface area contributed by atoms with Crippen molar-refractivity contribution < 1.29 is 9.18 Å². The van der Waals surface area contributed by atoms with Gasteiger partial charge in [-0.2, -0.15) is 0 Å². The largest absolute Gasteiger partial charge is 0.342 e. The van der Waals surface area contributed by atoms with E-state index in [1.807, 2.05) is 16.8 Å². The molecular weight excluding hydrogens is 435 g/mol. The molecule has 3 aromatic heterocycles. The van der Waals surface area contributed by atoms with Crippen molar-refractivity contribution in [3.63, 3.8) is 0 Å². The van der Waals surface area contributed by atoms with Gasteiger partial charge >= 0.3 is 0 Å². The minimum absolute atomic E-state index is 0.0662. The third-order valence-electron chi connectivity index (χ3n) is 6.33. The van der Waals surface area contributed by atoms with Crippen LogP contribution in [-0.2, 0) is 7.05 Å². The number of carbonyl (C=O) groups is 1. The SMILES string of the molecule is CN(c1nc(-c2ccncc2F)cc(=O)n1C)[C@H]1[C@@H]2CN(C(=O)c3ccc(Cl)nc3)C[C@@H]21. The predicted molar refractivity (Wildman–Crippen MR) is 117 cm³/mol. The average molecular weight is 455 g/mol. The number of nitrogens with zero attached hydrogens (tertiary/aromatic N) is 6. The summed E-state index contributed by atoms with van der Waals surface area (Å²) in [7, 11) is 3.53. The van der Waals surface area contributed by atoms with Crippen LogP contribution in [0.1, 0.15) is 10.4 Å². The van der Waals surface area contributed by atoms with E-state index >= 15 is 0 Å². The molecule has 8 nitrogen and oxygen atoms in total. The first-order valence-corrected chi connectivity index (χ1v) is 10.5. The van der Waals surface area contributed by atoms with Crippen LogP contribution in [0.5, 0.6) is 0 Å². The molecule has 0 unspecified atom stereocenters. The van der Waals surface area contributed by atoms with Crippen LogP contribution in [0.15, 0.2) is 47.7 Å². The molecule has 0 spiro atoms. The summed E-state index contributed by atoms with van der Waals surface area (Å²) in [6.45, 7) is 1.24. The summed E-state index contributed by atoms with van der Waals surface area (Å²) in [4.78, 5) is 41.4. The third-order valence-corrected chi connectivity index (χ3v) is 6.56. The van der Waals surface area contributed by atoms with Crippen molar-refractivity contribution in [2.75, 3.05) is 25.0 Å². The first kappa shape index (κ1) is 20.6. The van der Waals surface area contributed by atoms with Crippen molar-refractivity contribution in [2.24, 2.45) is 18.9 Å². The number of likely N-dealkylation sites (tertiary alicyclic amines) is 1. The Hall–Kier alpha value is -3.33. The molecule has 1 aliphatic heterocycles. The van der Waals surface area contributed by atoms with Crippen LogP contribution in [0.4, 0.5) is 10.3 Å². The molecule has 0 bridgehead atoms. The van der Waals surface area contributed by atoms with Gasteiger partial charge in [0.2, 0.25) is 5.95 Å². The van der Waals surface area contributed by atoms with Crippen molar-refractivity contribution >= 4 is 23.5 Å². The summed E-state index contributed by atoms with van der Waals surface area (Å²) in [6, 6.07) is 6.26. The predicted octanol–water partition coefficient (Wildman–Crippen LogP) is 2.24. The number of carbonyl (C=O) groups excluding carboxylic acids is 1. The van der Waals surface area contributed by atoms with Gasteiger partial charge in [0.05, 0.1) is 17.5 Å². The molecule has 1 amide bonds. The summed E-state index contributed by atoms with van der Waals surface area (Å²) in [5.74, 6) is 0.423. The van der Waals surface area contributed by atoms with Gasteiger partial charge in [-0.3, -0.25) is 19.1 Å². The normalized spacial score (nSPS) is 21.4. The Morgan fingerprint density at radius 1 is 1.22 bits per heavy atom. The minimum atomic E-state index is -0.531. The van der Waals surface area contributed by atoms with E-state index in [9.17, 15) is 14.0 Å². The number of hydrogen-bond acceptors (Lipinski definition) is 6. The van der Waals surface area contributed by atoms with Crippen LogP contribution in [-0.4, -0.2) is 56.5 Å². The number of pyridine rings is 2. The molecule has 2 aliphatic rings. The Morgan fingerprint density at radius 2 is 1.97 bits per heavy atom. The fourth-order valence-corrected chi connectivity index (χ4v) is 4.73. The highest BCUT2D eigenvalue weighted by Gasteiger charge is 2.59. The van der Waals surface area contributed by atoms with Crippen LogP contribution < -0.4 is 10.5 Å². The molecule has 32 heavy (non-hydrogen) atoms. The van der Waals surface area contributed by atoms with E-state index in [1.165, 1.54) is 29.1 Å². The van der Waals surface area contributed by atoms with Crippen molar-refractivity contribution in [1.29, 1.82) is 0 Å². The molecule has 2 fully saturated rings. The lowest BCUT2D eigenvalue weighted by Crippen LogP contribution is -2.38. The summed E-state index contributed by atoms with van der Waals surface area (Å²) >= 11 is 5.81. The van der Waals surface area contributed by atoms with Crippen molar-refractivity contribution in [3.8, 4) is 11.3 Å². The van der Waals surface area contributed by atoms with Crippen molar-refractivity contribution in [1.82, 2.24) is 24.4 Å². The molecule has 1 saturated heterocycles. The van der Waals surface area contributed by atoms with Crippen LogP contribution in [0.25, 0.3) is 11.3 Å². The Morgan fingerprint density at radius 3 is 2.62 bits per heavy atom. The molecule has 0 aromatic carbocycles. The summed E-state index contributed by atoms with van der Waals surface area (Å²) in [5.41, 5.74) is 0.743. The lowest BCUT2D eigenvalue weighted by atomic mass is 10.2. The molecule has 0 N–H and O–H groups in total. The van der Waals surface area contributed by atoms with Gasteiger partial charge in [-0.25, -0.2) is 14.4 Å². The zero-order valence-corrected chi connectivity index (χ0v) is 18.2. The van der Waals surface area contributed by atoms with Crippen molar-refractivity contribution in [2.45, 2.75) is 6.04 Å². The maximum Gasteiger partial charge on any atom is 0.255 e. The molecule has 4 heterocycles. The van der Waals surface area contributed by atoms with E-state index in [1.54, 1.807) is 19.2 Å². The molecule has 10 heteroatoms. The molecule has 164 valence electrons. The topological polar surface area (TPSA) is 84.2 Å². The second-order valence-corrected chi connectivity index (χ2v) is 8.59. The maximum atomic E-state index is 14.2. The highest BCUT2D eigenvalue weighted by atomic mass is 35.5. The Kier molecular flexibility index (Phi) is 4.93. The van der Waals surface area contributed by atoms with Gasteiger partial charge in [0.1, 0.15) is 5.15 Å². The smallest absolute Gasteiger partial charge is 0.255 e. The van der Waals surface area contributed by atoms with Gasteiger partial charge in [-0.05, 0) is 18.2 Å². The van der Waals surface area contributed by atoms with E-state index in [0.717, 1.165) is 6.20 Å². The van der Waals surface area contributed by atoms with Gasteiger partial charge < -0.3 is 9.80 Å². The lowest BCUT2D eigenvalue weighted by Gasteiger charge is -2.26. The highest BCUT2D eigenvalue weighted by molar-refractivity contribution is 6.29. The van der Waals surface area contributed by atoms with Gasteiger partial charge in [0.15, 0.2) is 5.82 Å². The number of piperidine rings is 1. The zero-order chi connectivity index (χ0) is 22.6. The summed E-state index contributed by atoms with van der Waals surface area (Å²) < 4.78 is 15.7. The monoisotopic (exact) mass is 454 g/mol. The average Bonchev–Trinajstić information content (AvgIpc) is 3.28. The van der Waals surface area contributed by atoms with E-state index < -0.39 is 5.82 Å². The molecule has 0 radical (unpaired) electrons. The van der Waals surface area contributed by atoms with E-state index in [-0.39, 0.29) is 40.6 Å². The van der Waals surface area contributed by atoms with Crippen LogP contribution in [0, 0.1) is 17.7 Å². The minimum Gasteiger partial charge on any atom is -0.342 e. The molecule has 5 rings (SSSR count). The second-order valence-electron chi connectivity index (χ2n) is 8.20. The Bertz CT molecular complexity index is 1250. The fourth-order valence-electron chi connectivity index (χ4n) is 4.62. The Balaban J connectivity index is 1.34. The van der Waals surface area contributed by atoms with E-state index in [0.29, 0.717) is 29.8 Å².